The molecule has 8 heteroatoms. The highest BCUT2D eigenvalue weighted by atomic mass is 16.5. The Kier molecular flexibility index (Phi) is 4.67. The molecule has 4 aromatic rings. The van der Waals surface area contributed by atoms with E-state index in [1.807, 2.05) is 0 Å². The smallest absolute Gasteiger partial charge is 0.227 e. The van der Waals surface area contributed by atoms with E-state index in [-0.39, 0.29) is 34.3 Å². The van der Waals surface area contributed by atoms with Gasteiger partial charge in [0.25, 0.3) is 0 Å². The van der Waals surface area contributed by atoms with Gasteiger partial charge in [-0.15, -0.1) is 0 Å². The van der Waals surface area contributed by atoms with Crippen molar-refractivity contribution < 1.29 is 24.5 Å². The molecule has 8 nitrogen and oxygen atoms in total. The average Bonchev–Trinajstić information content (AvgIpc) is 3.17. The van der Waals surface area contributed by atoms with Crippen molar-refractivity contribution >= 4 is 0 Å². The van der Waals surface area contributed by atoms with Gasteiger partial charge in [-0.3, -0.25) is 4.79 Å². The summed E-state index contributed by atoms with van der Waals surface area (Å²) in [6.07, 6.45) is 0. The van der Waals surface area contributed by atoms with E-state index in [0.717, 1.165) is 0 Å². The number of para-hydroxylation sites is 1. The van der Waals surface area contributed by atoms with Crippen LogP contribution in [0.1, 0.15) is 5.76 Å². The molecule has 0 aliphatic carbocycles. The minimum atomic E-state index is -0.592. The number of aromatic hydroxyl groups is 3. The van der Waals surface area contributed by atoms with Gasteiger partial charge in [-0.05, 0) is 43.3 Å². The number of phenols is 2. The van der Waals surface area contributed by atoms with Crippen LogP contribution in [-0.4, -0.2) is 32.4 Å². The Morgan fingerprint density at radius 3 is 2.47 bits per heavy atom. The van der Waals surface area contributed by atoms with Crippen LogP contribution in [0, 0.1) is 6.92 Å². The molecule has 0 radical (unpaired) electrons. The van der Waals surface area contributed by atoms with E-state index >= 15 is 0 Å². The van der Waals surface area contributed by atoms with E-state index in [2.05, 4.69) is 9.97 Å². The maximum atomic E-state index is 12.1. The Morgan fingerprint density at radius 1 is 1.03 bits per heavy atom. The normalized spacial score (nSPS) is 10.9. The second kappa shape index (κ2) is 7.32. The molecule has 0 saturated heterocycles. The van der Waals surface area contributed by atoms with Crippen molar-refractivity contribution in [3.05, 3.63) is 64.5 Å². The summed E-state index contributed by atoms with van der Waals surface area (Å²) in [6, 6.07) is 12.7. The fraction of sp³-hybridized carbons (Fsp3) is 0.0909. The van der Waals surface area contributed by atoms with Gasteiger partial charge in [-0.25, -0.2) is 4.98 Å². The molecule has 4 N–H and O–H groups in total. The Balaban J connectivity index is 1.99. The standard InChI is InChI=1S/C22H18N2O6/c1-11-10-16(26)20(28)21(30-11)18-17(12-6-8-13(29-2)9-7-12)23-22(24-18)14-4-3-5-15(25)19(14)27/h3-10,25,27-28H,1-2H3,(H,23,24). The van der Waals surface area contributed by atoms with Crippen LogP contribution in [-0.2, 0) is 0 Å². The Morgan fingerprint density at radius 2 is 1.77 bits per heavy atom. The Bertz CT molecular complexity index is 1290. The summed E-state index contributed by atoms with van der Waals surface area (Å²) in [5.41, 5.74) is 0.920. The van der Waals surface area contributed by atoms with Crippen molar-refractivity contribution in [2.75, 3.05) is 7.11 Å². The van der Waals surface area contributed by atoms with Crippen molar-refractivity contribution in [1.29, 1.82) is 0 Å². The molecule has 152 valence electrons. The lowest BCUT2D eigenvalue weighted by molar-refractivity contribution is 0.405. The summed E-state index contributed by atoms with van der Waals surface area (Å²) in [5.74, 6) is -0.130. The van der Waals surface area contributed by atoms with Gasteiger partial charge in [0.2, 0.25) is 11.2 Å². The van der Waals surface area contributed by atoms with Crippen molar-refractivity contribution in [3.63, 3.8) is 0 Å². The van der Waals surface area contributed by atoms with Crippen molar-refractivity contribution in [2.45, 2.75) is 6.92 Å². The van der Waals surface area contributed by atoms with Gasteiger partial charge in [0.1, 0.15) is 28.7 Å². The van der Waals surface area contributed by atoms with Crippen molar-refractivity contribution in [1.82, 2.24) is 9.97 Å². The highest BCUT2D eigenvalue weighted by Crippen LogP contribution is 2.40. The molecule has 2 aromatic carbocycles. The highest BCUT2D eigenvalue weighted by molar-refractivity contribution is 5.82. The second-order valence-corrected chi connectivity index (χ2v) is 6.61. The van der Waals surface area contributed by atoms with Gasteiger partial charge >= 0.3 is 0 Å². The van der Waals surface area contributed by atoms with E-state index in [9.17, 15) is 20.1 Å². The molecule has 4 rings (SSSR count). The summed E-state index contributed by atoms with van der Waals surface area (Å²) in [6.45, 7) is 1.59. The number of aryl methyl sites for hydroxylation is 1. The minimum absolute atomic E-state index is 0.0794. The number of ether oxygens (including phenoxy) is 1. The van der Waals surface area contributed by atoms with Crippen molar-refractivity contribution in [3.8, 4) is 57.1 Å². The highest BCUT2D eigenvalue weighted by Gasteiger charge is 2.23. The number of hydrogen-bond acceptors (Lipinski definition) is 7. The topological polar surface area (TPSA) is 129 Å². The fourth-order valence-corrected chi connectivity index (χ4v) is 3.12. The first kappa shape index (κ1) is 19.1. The first-order chi connectivity index (χ1) is 14.4. The number of hydrogen-bond donors (Lipinski definition) is 4. The summed E-state index contributed by atoms with van der Waals surface area (Å²) in [4.78, 5) is 19.6. The zero-order valence-corrected chi connectivity index (χ0v) is 16.1. The number of imidazole rings is 1. The Labute approximate surface area is 170 Å². The van der Waals surface area contributed by atoms with Gasteiger partial charge < -0.3 is 29.5 Å². The maximum absolute atomic E-state index is 12.1. The Hall–Kier alpha value is -4.20. The molecule has 0 amide bonds. The number of methoxy groups -OCH3 is 1. The number of nitrogens with zero attached hydrogens (tertiary/aromatic N) is 1. The molecule has 0 aliphatic heterocycles. The largest absolute Gasteiger partial charge is 0.504 e. The van der Waals surface area contributed by atoms with Crippen LogP contribution in [0.3, 0.4) is 0 Å². The third-order valence-corrected chi connectivity index (χ3v) is 4.61. The van der Waals surface area contributed by atoms with Crippen LogP contribution in [0.4, 0.5) is 0 Å². The number of aromatic nitrogens is 2. The molecule has 2 aromatic heterocycles. The lowest BCUT2D eigenvalue weighted by Crippen LogP contribution is -2.01. The summed E-state index contributed by atoms with van der Waals surface area (Å²) >= 11 is 0. The zero-order valence-electron chi connectivity index (χ0n) is 16.1. The average molecular weight is 406 g/mol. The lowest BCUT2D eigenvalue weighted by Gasteiger charge is -2.06. The van der Waals surface area contributed by atoms with E-state index < -0.39 is 11.2 Å². The first-order valence-electron chi connectivity index (χ1n) is 8.99. The van der Waals surface area contributed by atoms with Crippen molar-refractivity contribution in [2.24, 2.45) is 0 Å². The number of phenolic OH excluding ortho intramolecular Hbond substituents is 2. The van der Waals surface area contributed by atoms with E-state index in [1.54, 1.807) is 50.4 Å². The predicted octanol–water partition coefficient (Wildman–Crippen LogP) is 3.80. The number of rotatable bonds is 4. The SMILES string of the molecule is COc1ccc(-c2nc(-c3cccc(O)c3O)[nH]c2-c2oc(C)cc(=O)c2O)cc1. The molecule has 0 bridgehead atoms. The van der Waals surface area contributed by atoms with Crippen LogP contribution >= 0.6 is 0 Å². The maximum Gasteiger partial charge on any atom is 0.227 e. The van der Waals surface area contributed by atoms with E-state index in [4.69, 9.17) is 9.15 Å². The quantitative estimate of drug-likeness (QED) is 0.379. The predicted molar refractivity (Wildman–Crippen MR) is 110 cm³/mol. The number of nitrogens with one attached hydrogen (secondary N) is 1. The van der Waals surface area contributed by atoms with E-state index in [1.165, 1.54) is 12.1 Å². The van der Waals surface area contributed by atoms with Gasteiger partial charge in [0.05, 0.1) is 12.7 Å². The van der Waals surface area contributed by atoms with Gasteiger partial charge in [-0.1, -0.05) is 6.07 Å². The van der Waals surface area contributed by atoms with Crippen LogP contribution in [0.15, 0.2) is 57.7 Å². The zero-order chi connectivity index (χ0) is 21.4. The summed E-state index contributed by atoms with van der Waals surface area (Å²) in [7, 11) is 1.55. The molecular weight excluding hydrogens is 388 g/mol. The molecule has 0 atom stereocenters. The first-order valence-corrected chi connectivity index (χ1v) is 8.99. The number of H-pyrrole nitrogens is 1. The second-order valence-electron chi connectivity index (χ2n) is 6.61. The fourth-order valence-electron chi connectivity index (χ4n) is 3.12. The third-order valence-electron chi connectivity index (χ3n) is 4.61. The van der Waals surface area contributed by atoms with Gasteiger partial charge in [0.15, 0.2) is 17.3 Å². The molecule has 0 unspecified atom stereocenters. The summed E-state index contributed by atoms with van der Waals surface area (Å²) < 4.78 is 10.8. The van der Waals surface area contributed by atoms with Crippen LogP contribution in [0.5, 0.6) is 23.0 Å². The van der Waals surface area contributed by atoms with Crippen LogP contribution in [0.2, 0.25) is 0 Å². The molecule has 2 heterocycles. The molecule has 30 heavy (non-hydrogen) atoms. The number of benzene rings is 2. The van der Waals surface area contributed by atoms with Gasteiger partial charge in [0, 0.05) is 11.6 Å². The lowest BCUT2D eigenvalue weighted by atomic mass is 10.1. The minimum Gasteiger partial charge on any atom is -0.504 e. The molecular formula is C22H18N2O6. The molecule has 0 spiro atoms. The summed E-state index contributed by atoms with van der Waals surface area (Å²) in [5, 5.41) is 30.4. The molecule has 0 saturated carbocycles. The van der Waals surface area contributed by atoms with Crippen LogP contribution in [0.25, 0.3) is 34.1 Å². The number of aromatic amines is 1. The van der Waals surface area contributed by atoms with Gasteiger partial charge in [-0.2, -0.15) is 0 Å². The monoisotopic (exact) mass is 406 g/mol. The molecule has 0 aliphatic rings. The van der Waals surface area contributed by atoms with E-state index in [0.29, 0.717) is 22.8 Å². The third kappa shape index (κ3) is 3.24. The molecule has 0 fully saturated rings. The van der Waals surface area contributed by atoms with Crippen LogP contribution < -0.4 is 10.2 Å².